The Kier molecular flexibility index (Phi) is 8.02. The van der Waals surface area contributed by atoms with Gasteiger partial charge in [-0.1, -0.05) is 18.2 Å². The number of rotatable bonds is 9. The van der Waals surface area contributed by atoms with Crippen molar-refractivity contribution in [2.75, 3.05) is 54.9 Å². The van der Waals surface area contributed by atoms with Gasteiger partial charge in [0.1, 0.15) is 12.4 Å². The van der Waals surface area contributed by atoms with E-state index in [2.05, 4.69) is 30.5 Å². The quantitative estimate of drug-likeness (QED) is 0.284. The Morgan fingerprint density at radius 3 is 1.77 bits per heavy atom. The highest BCUT2D eigenvalue weighted by Crippen LogP contribution is 2.23. The van der Waals surface area contributed by atoms with E-state index in [1.165, 1.54) is 12.1 Å². The molecule has 4 aromatic rings. The molecule has 0 bridgehead atoms. The Balaban J connectivity index is 1.29. The van der Waals surface area contributed by atoms with Crippen LogP contribution in [-0.2, 0) is 0 Å². The second-order valence-electron chi connectivity index (χ2n) is 8.78. The van der Waals surface area contributed by atoms with Gasteiger partial charge in [0.15, 0.2) is 23.3 Å². The Morgan fingerprint density at radius 2 is 1.23 bits per heavy atom. The molecule has 0 atom stereocenters. The smallest absolute Gasteiger partial charge is 0.233 e. The van der Waals surface area contributed by atoms with Crippen molar-refractivity contribution in [3.8, 4) is 5.75 Å². The minimum absolute atomic E-state index is 0.0646. The average molecular weight is 540 g/mol. The molecule has 1 saturated heterocycles. The number of hydrogen-bond acceptors (Lipinski definition) is 8. The lowest BCUT2D eigenvalue weighted by Gasteiger charge is -2.34. The van der Waals surface area contributed by atoms with Crippen molar-refractivity contribution in [1.82, 2.24) is 19.9 Å². The number of anilines is 5. The number of piperazine rings is 1. The average Bonchev–Trinajstić information content (AvgIpc) is 2.94. The fraction of sp³-hybridized carbons (Fsp3) is 0.222. The Bertz CT molecular complexity index is 1350. The van der Waals surface area contributed by atoms with Gasteiger partial charge in [-0.3, -0.25) is 4.90 Å². The van der Waals surface area contributed by atoms with Gasteiger partial charge in [0.25, 0.3) is 0 Å². The molecule has 2 heterocycles. The molecule has 1 fully saturated rings. The van der Waals surface area contributed by atoms with E-state index in [1.807, 2.05) is 35.2 Å². The van der Waals surface area contributed by atoms with Gasteiger partial charge in [-0.2, -0.15) is 15.0 Å². The third-order valence-corrected chi connectivity index (χ3v) is 6.05. The number of aromatic nitrogens is 3. The van der Waals surface area contributed by atoms with Crippen molar-refractivity contribution >= 4 is 29.2 Å². The molecule has 0 aliphatic carbocycles. The van der Waals surface area contributed by atoms with Crippen LogP contribution in [0.5, 0.6) is 5.75 Å². The van der Waals surface area contributed by atoms with Gasteiger partial charge < -0.3 is 20.3 Å². The molecule has 0 spiro atoms. The summed E-state index contributed by atoms with van der Waals surface area (Å²) in [6.45, 7) is 4.02. The monoisotopic (exact) mass is 539 g/mol. The first-order valence-electron chi connectivity index (χ1n) is 12.3. The highest BCUT2D eigenvalue weighted by Gasteiger charge is 2.21. The van der Waals surface area contributed by atoms with Gasteiger partial charge in [-0.15, -0.1) is 0 Å². The first-order chi connectivity index (χ1) is 18.9. The molecule has 5 rings (SSSR count). The van der Waals surface area contributed by atoms with Crippen LogP contribution in [0.1, 0.15) is 0 Å². The van der Waals surface area contributed by atoms with Crippen LogP contribution in [0.15, 0.2) is 66.7 Å². The van der Waals surface area contributed by atoms with E-state index in [1.54, 1.807) is 0 Å². The highest BCUT2D eigenvalue weighted by atomic mass is 19.2. The lowest BCUT2D eigenvalue weighted by atomic mass is 10.3. The second kappa shape index (κ2) is 11.9. The van der Waals surface area contributed by atoms with E-state index in [0.29, 0.717) is 25.6 Å². The van der Waals surface area contributed by atoms with E-state index in [9.17, 15) is 17.6 Å². The van der Waals surface area contributed by atoms with Crippen LogP contribution in [0.3, 0.4) is 0 Å². The first-order valence-corrected chi connectivity index (χ1v) is 12.3. The second-order valence-corrected chi connectivity index (χ2v) is 8.78. The van der Waals surface area contributed by atoms with Crippen molar-refractivity contribution in [2.45, 2.75) is 0 Å². The van der Waals surface area contributed by atoms with E-state index in [0.717, 1.165) is 49.6 Å². The van der Waals surface area contributed by atoms with E-state index < -0.39 is 23.3 Å². The molecule has 1 aliphatic rings. The standard InChI is InChI=1S/C27H25F4N7O/c28-21-8-6-18(16-23(21)30)32-25-34-26(33-19-7-9-22(29)24(31)17-19)36-27(35-25)38-12-10-37(11-13-38)14-15-39-20-4-2-1-3-5-20/h1-9,16-17H,10-15H2,(H2,32,33,34,35,36). The minimum Gasteiger partial charge on any atom is -0.492 e. The maximum Gasteiger partial charge on any atom is 0.233 e. The van der Waals surface area contributed by atoms with Crippen LogP contribution in [0, 0.1) is 23.3 Å². The summed E-state index contributed by atoms with van der Waals surface area (Å²) in [6.07, 6.45) is 0. The summed E-state index contributed by atoms with van der Waals surface area (Å²) < 4.78 is 60.0. The van der Waals surface area contributed by atoms with Crippen LogP contribution < -0.4 is 20.3 Å². The number of benzene rings is 3. The molecule has 1 aliphatic heterocycles. The predicted molar refractivity (Wildman–Crippen MR) is 140 cm³/mol. The van der Waals surface area contributed by atoms with Gasteiger partial charge in [-0.05, 0) is 36.4 Å². The Hall–Kier alpha value is -4.45. The molecule has 39 heavy (non-hydrogen) atoms. The number of para-hydroxylation sites is 1. The highest BCUT2D eigenvalue weighted by molar-refractivity contribution is 5.59. The summed E-state index contributed by atoms with van der Waals surface area (Å²) >= 11 is 0. The molecule has 12 heteroatoms. The summed E-state index contributed by atoms with van der Waals surface area (Å²) in [5.41, 5.74) is 0.459. The number of halogens is 4. The molecule has 0 radical (unpaired) electrons. The van der Waals surface area contributed by atoms with Crippen molar-refractivity contribution in [3.63, 3.8) is 0 Å². The van der Waals surface area contributed by atoms with E-state index in [-0.39, 0.29) is 23.3 Å². The molecule has 1 aromatic heterocycles. The Labute approximate surface area is 222 Å². The topological polar surface area (TPSA) is 78.4 Å². The zero-order valence-corrected chi connectivity index (χ0v) is 20.7. The first kappa shape index (κ1) is 26.2. The third kappa shape index (κ3) is 6.90. The number of nitrogens with one attached hydrogen (secondary N) is 2. The lowest BCUT2D eigenvalue weighted by molar-refractivity contribution is 0.200. The summed E-state index contributed by atoms with van der Waals surface area (Å²) in [5.74, 6) is -2.73. The van der Waals surface area contributed by atoms with Crippen molar-refractivity contribution in [3.05, 3.63) is 90.0 Å². The normalized spacial score (nSPS) is 13.8. The van der Waals surface area contributed by atoms with Crippen LogP contribution in [0.4, 0.5) is 46.8 Å². The minimum atomic E-state index is -1.03. The summed E-state index contributed by atoms with van der Waals surface area (Å²) in [5, 5.41) is 5.71. The van der Waals surface area contributed by atoms with Gasteiger partial charge in [0, 0.05) is 56.2 Å². The number of hydrogen-bond donors (Lipinski definition) is 2. The van der Waals surface area contributed by atoms with Gasteiger partial charge >= 0.3 is 0 Å². The van der Waals surface area contributed by atoms with Gasteiger partial charge in [0.2, 0.25) is 17.8 Å². The van der Waals surface area contributed by atoms with Gasteiger partial charge in [0.05, 0.1) is 0 Å². The van der Waals surface area contributed by atoms with Crippen LogP contribution in [-0.4, -0.2) is 59.2 Å². The van der Waals surface area contributed by atoms with Crippen molar-refractivity contribution in [1.29, 1.82) is 0 Å². The predicted octanol–water partition coefficient (Wildman–Crippen LogP) is 5.12. The molecular weight excluding hydrogens is 514 g/mol. The maximum atomic E-state index is 13.7. The number of nitrogens with zero attached hydrogens (tertiary/aromatic N) is 5. The molecule has 2 N–H and O–H groups in total. The van der Waals surface area contributed by atoms with Crippen LogP contribution in [0.25, 0.3) is 0 Å². The molecule has 8 nitrogen and oxygen atoms in total. The largest absolute Gasteiger partial charge is 0.492 e. The molecule has 0 saturated carbocycles. The maximum absolute atomic E-state index is 13.7. The van der Waals surface area contributed by atoms with Gasteiger partial charge in [-0.25, -0.2) is 17.6 Å². The SMILES string of the molecule is Fc1ccc(Nc2nc(Nc3ccc(F)c(F)c3)nc(N3CCN(CCOc4ccccc4)CC3)n2)cc1F. The lowest BCUT2D eigenvalue weighted by Crippen LogP contribution is -2.48. The van der Waals surface area contributed by atoms with Crippen LogP contribution >= 0.6 is 0 Å². The number of ether oxygens (including phenoxy) is 1. The van der Waals surface area contributed by atoms with Crippen molar-refractivity contribution in [2.24, 2.45) is 0 Å². The fourth-order valence-corrected chi connectivity index (χ4v) is 4.00. The summed E-state index contributed by atoms with van der Waals surface area (Å²) in [7, 11) is 0. The molecular formula is C27H25F4N7O. The van der Waals surface area contributed by atoms with Crippen LogP contribution in [0.2, 0.25) is 0 Å². The zero-order valence-electron chi connectivity index (χ0n) is 20.7. The van der Waals surface area contributed by atoms with Crippen molar-refractivity contribution < 1.29 is 22.3 Å². The third-order valence-electron chi connectivity index (χ3n) is 6.05. The molecule has 0 unspecified atom stereocenters. The van der Waals surface area contributed by atoms with E-state index in [4.69, 9.17) is 4.74 Å². The summed E-state index contributed by atoms with van der Waals surface area (Å²) in [4.78, 5) is 17.4. The molecule has 202 valence electrons. The Morgan fingerprint density at radius 1 is 0.667 bits per heavy atom. The zero-order chi connectivity index (χ0) is 27.2. The molecule has 3 aromatic carbocycles. The van der Waals surface area contributed by atoms with E-state index >= 15 is 0 Å². The summed E-state index contributed by atoms with van der Waals surface area (Å²) in [6, 6.07) is 16.2. The molecule has 0 amide bonds. The fourth-order valence-electron chi connectivity index (χ4n) is 4.00.